The Morgan fingerprint density at radius 1 is 0.528 bits per heavy atom. The maximum atomic E-state index is 4.94. The Morgan fingerprint density at radius 2 is 0.889 bits per heavy atom. The molecule has 1 aromatic rings. The predicted molar refractivity (Wildman–Crippen MR) is 162 cm³/mol. The third-order valence-electron chi connectivity index (χ3n) is 8.33. The summed E-state index contributed by atoms with van der Waals surface area (Å²) >= 11 is 0. The molecule has 0 bridgehead atoms. The lowest BCUT2D eigenvalue weighted by Crippen LogP contribution is -2.13. The first-order valence-corrected chi connectivity index (χ1v) is 16.8. The molecule has 0 aromatic carbocycles. The first-order valence-electron chi connectivity index (χ1n) is 16.8. The van der Waals surface area contributed by atoms with Crippen LogP contribution >= 0.6 is 0 Å². The highest BCUT2D eigenvalue weighted by Gasteiger charge is 2.19. The molecule has 0 fully saturated rings. The molecule has 2 unspecified atom stereocenters. The van der Waals surface area contributed by atoms with Gasteiger partial charge in [-0.15, -0.1) is 0 Å². The second-order valence-corrected chi connectivity index (χ2v) is 11.8. The smallest absolute Gasteiger partial charge is 0.111 e. The number of hydrogen-bond acceptors (Lipinski definition) is 1. The molecule has 0 aliphatic heterocycles. The van der Waals surface area contributed by atoms with Crippen molar-refractivity contribution < 1.29 is 0 Å². The van der Waals surface area contributed by atoms with E-state index in [1.807, 2.05) is 0 Å². The number of imidazole rings is 1. The lowest BCUT2D eigenvalue weighted by Gasteiger charge is -2.22. The lowest BCUT2D eigenvalue weighted by atomic mass is 9.93. The van der Waals surface area contributed by atoms with E-state index in [-0.39, 0.29) is 0 Å². The molecule has 1 heterocycles. The standard InChI is InChI=1S/C34H66N2/c1-5-8-11-14-16-17-18-19-20-21-23-26-29-33(28-25-13-10-7-3)34-35-30-31-36(34)32(4)27-24-22-15-12-9-6-2/h30-33H,5-29H2,1-4H3. The van der Waals surface area contributed by atoms with E-state index in [1.165, 1.54) is 166 Å². The van der Waals surface area contributed by atoms with Crippen LogP contribution in [0.15, 0.2) is 12.4 Å². The van der Waals surface area contributed by atoms with Crippen LogP contribution in [0.1, 0.15) is 206 Å². The Hall–Kier alpha value is -0.790. The number of unbranched alkanes of at least 4 members (excludes halogenated alkanes) is 19. The molecule has 0 saturated heterocycles. The van der Waals surface area contributed by atoms with Gasteiger partial charge in [-0.05, 0) is 26.2 Å². The third kappa shape index (κ3) is 16.9. The van der Waals surface area contributed by atoms with Gasteiger partial charge in [0.2, 0.25) is 0 Å². The first kappa shape index (κ1) is 33.2. The fraction of sp³-hybridized carbons (Fsp3) is 0.912. The van der Waals surface area contributed by atoms with Crippen molar-refractivity contribution in [3.63, 3.8) is 0 Å². The molecule has 1 aromatic heterocycles. The summed E-state index contributed by atoms with van der Waals surface area (Å²) in [6, 6.07) is 0.591. The largest absolute Gasteiger partial charge is 0.332 e. The van der Waals surface area contributed by atoms with Crippen LogP contribution in [0.25, 0.3) is 0 Å². The Morgan fingerprint density at radius 3 is 1.33 bits per heavy atom. The Labute approximate surface area is 227 Å². The van der Waals surface area contributed by atoms with Gasteiger partial charge >= 0.3 is 0 Å². The Kier molecular flexibility index (Phi) is 22.7. The molecule has 2 nitrogen and oxygen atoms in total. The Bertz CT molecular complexity index is 563. The van der Waals surface area contributed by atoms with Gasteiger partial charge < -0.3 is 4.57 Å². The molecular formula is C34H66N2. The van der Waals surface area contributed by atoms with Crippen molar-refractivity contribution in [2.75, 3.05) is 0 Å². The zero-order valence-electron chi connectivity index (χ0n) is 25.4. The van der Waals surface area contributed by atoms with E-state index >= 15 is 0 Å². The van der Waals surface area contributed by atoms with Crippen LogP contribution in [0.5, 0.6) is 0 Å². The van der Waals surface area contributed by atoms with Crippen molar-refractivity contribution in [1.29, 1.82) is 0 Å². The molecule has 0 radical (unpaired) electrons. The minimum Gasteiger partial charge on any atom is -0.332 e. The zero-order chi connectivity index (χ0) is 26.1. The molecular weight excluding hydrogens is 436 g/mol. The van der Waals surface area contributed by atoms with E-state index in [1.54, 1.807) is 0 Å². The summed E-state index contributed by atoms with van der Waals surface area (Å²) in [5.74, 6) is 2.06. The fourth-order valence-electron chi connectivity index (χ4n) is 5.82. The van der Waals surface area contributed by atoms with E-state index in [9.17, 15) is 0 Å². The first-order chi connectivity index (χ1) is 17.7. The zero-order valence-corrected chi connectivity index (χ0v) is 25.4. The highest BCUT2D eigenvalue weighted by atomic mass is 15.1. The van der Waals surface area contributed by atoms with Crippen LogP contribution < -0.4 is 0 Å². The molecule has 0 saturated carbocycles. The van der Waals surface area contributed by atoms with Gasteiger partial charge in [-0.25, -0.2) is 4.98 Å². The predicted octanol–water partition coefficient (Wildman–Crippen LogP) is 12.3. The molecule has 0 spiro atoms. The number of aromatic nitrogens is 2. The normalized spacial score (nSPS) is 13.3. The third-order valence-corrected chi connectivity index (χ3v) is 8.33. The summed E-state index contributed by atoms with van der Waals surface area (Å²) in [6.07, 6.45) is 39.3. The summed E-state index contributed by atoms with van der Waals surface area (Å²) in [7, 11) is 0. The van der Waals surface area contributed by atoms with Crippen LogP contribution in [-0.2, 0) is 0 Å². The van der Waals surface area contributed by atoms with Crippen molar-refractivity contribution in [3.05, 3.63) is 18.2 Å². The van der Waals surface area contributed by atoms with Crippen molar-refractivity contribution in [1.82, 2.24) is 9.55 Å². The SMILES string of the molecule is CCCCCCCCCCCCCCC(CCCCCC)c1nccn1C(C)CCCCCCCC. The van der Waals surface area contributed by atoms with Crippen molar-refractivity contribution >= 4 is 0 Å². The minimum atomic E-state index is 0.591. The average Bonchev–Trinajstić information content (AvgIpc) is 3.38. The van der Waals surface area contributed by atoms with Gasteiger partial charge in [0.05, 0.1) is 0 Å². The van der Waals surface area contributed by atoms with Gasteiger partial charge in [0, 0.05) is 24.4 Å². The summed E-state index contributed by atoms with van der Waals surface area (Å²) in [5.41, 5.74) is 0. The van der Waals surface area contributed by atoms with Gasteiger partial charge in [-0.3, -0.25) is 0 Å². The van der Waals surface area contributed by atoms with Gasteiger partial charge in [0.15, 0.2) is 0 Å². The maximum absolute atomic E-state index is 4.94. The van der Waals surface area contributed by atoms with Crippen LogP contribution in [0.4, 0.5) is 0 Å². The molecule has 1 rings (SSSR count). The van der Waals surface area contributed by atoms with E-state index in [4.69, 9.17) is 4.98 Å². The number of hydrogen-bond donors (Lipinski definition) is 0. The van der Waals surface area contributed by atoms with E-state index in [2.05, 4.69) is 44.7 Å². The van der Waals surface area contributed by atoms with Crippen molar-refractivity contribution in [3.8, 4) is 0 Å². The topological polar surface area (TPSA) is 17.8 Å². The number of nitrogens with zero attached hydrogens (tertiary/aromatic N) is 2. The maximum Gasteiger partial charge on any atom is 0.111 e. The van der Waals surface area contributed by atoms with Crippen molar-refractivity contribution in [2.45, 2.75) is 200 Å². The fourth-order valence-corrected chi connectivity index (χ4v) is 5.82. The summed E-state index contributed by atoms with van der Waals surface area (Å²) in [6.45, 7) is 9.36. The second-order valence-electron chi connectivity index (χ2n) is 11.8. The molecule has 36 heavy (non-hydrogen) atoms. The average molecular weight is 503 g/mol. The van der Waals surface area contributed by atoms with Crippen LogP contribution in [0.2, 0.25) is 0 Å². The summed E-state index contributed by atoms with van der Waals surface area (Å²) in [4.78, 5) is 4.94. The molecule has 2 heteroatoms. The number of rotatable bonds is 27. The van der Waals surface area contributed by atoms with Gasteiger partial charge in [-0.2, -0.15) is 0 Å². The van der Waals surface area contributed by atoms with Crippen LogP contribution in [-0.4, -0.2) is 9.55 Å². The molecule has 212 valence electrons. The van der Waals surface area contributed by atoms with E-state index in [0.29, 0.717) is 12.0 Å². The summed E-state index contributed by atoms with van der Waals surface area (Å²) < 4.78 is 2.55. The molecule has 0 aliphatic carbocycles. The van der Waals surface area contributed by atoms with E-state index in [0.717, 1.165) is 0 Å². The van der Waals surface area contributed by atoms with Crippen LogP contribution in [0, 0.1) is 0 Å². The quantitative estimate of drug-likeness (QED) is 0.109. The van der Waals surface area contributed by atoms with Gasteiger partial charge in [0.1, 0.15) is 5.82 Å². The minimum absolute atomic E-state index is 0.591. The van der Waals surface area contributed by atoms with Gasteiger partial charge in [-0.1, -0.05) is 162 Å². The monoisotopic (exact) mass is 503 g/mol. The molecule has 0 N–H and O–H groups in total. The highest BCUT2D eigenvalue weighted by molar-refractivity contribution is 5.02. The second kappa shape index (κ2) is 24.5. The molecule has 2 atom stereocenters. The summed E-state index contributed by atoms with van der Waals surface area (Å²) in [5, 5.41) is 0. The molecule has 0 aliphatic rings. The van der Waals surface area contributed by atoms with Crippen LogP contribution in [0.3, 0.4) is 0 Å². The Balaban J connectivity index is 2.37. The van der Waals surface area contributed by atoms with E-state index < -0.39 is 0 Å². The van der Waals surface area contributed by atoms with Crippen molar-refractivity contribution in [2.24, 2.45) is 0 Å². The lowest BCUT2D eigenvalue weighted by molar-refractivity contribution is 0.413. The highest BCUT2D eigenvalue weighted by Crippen LogP contribution is 2.30. The molecule has 0 amide bonds. The van der Waals surface area contributed by atoms with Gasteiger partial charge in [0.25, 0.3) is 0 Å².